The Morgan fingerprint density at radius 3 is 2.81 bits per heavy atom. The molecule has 3 heterocycles. The summed E-state index contributed by atoms with van der Waals surface area (Å²) >= 11 is 1.89. The Morgan fingerprint density at radius 2 is 2.14 bits per heavy atom. The molecule has 1 aliphatic rings. The topological polar surface area (TPSA) is 60.0 Å². The highest BCUT2D eigenvalue weighted by Gasteiger charge is 2.27. The monoisotopic (exact) mass is 305 g/mol. The SMILES string of the molecule is CC(C)(C)c1ccc(C(CN)N2CCn3cnnc3C2)s1. The number of aromatic nitrogens is 3. The van der Waals surface area contributed by atoms with Crippen LogP contribution in [0.2, 0.25) is 0 Å². The van der Waals surface area contributed by atoms with E-state index in [0.29, 0.717) is 6.54 Å². The largest absolute Gasteiger partial charge is 0.329 e. The number of thiophene rings is 1. The number of nitrogens with zero attached hydrogens (tertiary/aromatic N) is 4. The number of hydrogen-bond acceptors (Lipinski definition) is 5. The summed E-state index contributed by atoms with van der Waals surface area (Å²) in [5.74, 6) is 1.03. The van der Waals surface area contributed by atoms with E-state index in [0.717, 1.165) is 25.5 Å². The van der Waals surface area contributed by atoms with Crippen LogP contribution in [0.25, 0.3) is 0 Å². The average molecular weight is 305 g/mol. The molecule has 1 atom stereocenters. The van der Waals surface area contributed by atoms with Gasteiger partial charge in [-0.15, -0.1) is 21.5 Å². The zero-order valence-corrected chi connectivity index (χ0v) is 13.7. The van der Waals surface area contributed by atoms with Crippen molar-refractivity contribution in [3.8, 4) is 0 Å². The molecule has 0 saturated heterocycles. The van der Waals surface area contributed by atoms with Gasteiger partial charge in [-0.1, -0.05) is 20.8 Å². The first-order chi connectivity index (χ1) is 9.99. The summed E-state index contributed by atoms with van der Waals surface area (Å²) in [6.07, 6.45) is 1.81. The highest BCUT2D eigenvalue weighted by Crippen LogP contribution is 2.34. The third kappa shape index (κ3) is 2.88. The summed E-state index contributed by atoms with van der Waals surface area (Å²) in [7, 11) is 0. The van der Waals surface area contributed by atoms with Crippen LogP contribution in [0.4, 0.5) is 0 Å². The number of fused-ring (bicyclic) bond motifs is 1. The van der Waals surface area contributed by atoms with E-state index in [1.807, 2.05) is 17.7 Å². The molecule has 0 aliphatic carbocycles. The highest BCUT2D eigenvalue weighted by atomic mass is 32.1. The Hall–Kier alpha value is -1.24. The molecule has 1 aliphatic heterocycles. The van der Waals surface area contributed by atoms with Gasteiger partial charge in [-0.25, -0.2) is 0 Å². The minimum Gasteiger partial charge on any atom is -0.329 e. The van der Waals surface area contributed by atoms with Crippen molar-refractivity contribution in [2.45, 2.75) is 45.3 Å². The molecule has 0 fully saturated rings. The summed E-state index contributed by atoms with van der Waals surface area (Å²) in [6.45, 7) is 10.2. The van der Waals surface area contributed by atoms with Crippen molar-refractivity contribution >= 4 is 11.3 Å². The van der Waals surface area contributed by atoms with Gasteiger partial charge in [0.15, 0.2) is 0 Å². The molecule has 3 rings (SSSR count). The Balaban J connectivity index is 1.81. The second kappa shape index (κ2) is 5.51. The maximum Gasteiger partial charge on any atom is 0.147 e. The van der Waals surface area contributed by atoms with E-state index in [9.17, 15) is 0 Å². The fraction of sp³-hybridized carbons (Fsp3) is 0.600. The molecule has 0 saturated carbocycles. The number of hydrogen-bond donors (Lipinski definition) is 1. The summed E-state index contributed by atoms with van der Waals surface area (Å²) in [4.78, 5) is 5.19. The molecule has 0 aromatic carbocycles. The van der Waals surface area contributed by atoms with Crippen molar-refractivity contribution in [2.75, 3.05) is 13.1 Å². The van der Waals surface area contributed by atoms with Crippen molar-refractivity contribution < 1.29 is 0 Å². The predicted octanol–water partition coefficient (Wildman–Crippen LogP) is 2.15. The molecule has 0 radical (unpaired) electrons. The fourth-order valence-electron chi connectivity index (χ4n) is 2.73. The summed E-state index contributed by atoms with van der Waals surface area (Å²) in [5, 5.41) is 8.19. The van der Waals surface area contributed by atoms with Crippen molar-refractivity contribution in [1.82, 2.24) is 19.7 Å². The van der Waals surface area contributed by atoms with Crippen LogP contribution in [0.1, 0.15) is 42.4 Å². The molecule has 114 valence electrons. The van der Waals surface area contributed by atoms with E-state index in [-0.39, 0.29) is 11.5 Å². The Labute approximate surface area is 129 Å². The smallest absolute Gasteiger partial charge is 0.147 e. The zero-order chi connectivity index (χ0) is 15.0. The van der Waals surface area contributed by atoms with Crippen molar-refractivity contribution in [3.63, 3.8) is 0 Å². The van der Waals surface area contributed by atoms with E-state index < -0.39 is 0 Å². The Bertz CT molecular complexity index is 610. The summed E-state index contributed by atoms with van der Waals surface area (Å²) in [6, 6.07) is 4.76. The van der Waals surface area contributed by atoms with Crippen molar-refractivity contribution in [2.24, 2.45) is 5.73 Å². The molecule has 0 amide bonds. The summed E-state index contributed by atoms with van der Waals surface area (Å²) in [5.41, 5.74) is 6.27. The van der Waals surface area contributed by atoms with Gasteiger partial charge >= 0.3 is 0 Å². The molecule has 0 spiro atoms. The van der Waals surface area contributed by atoms with Crippen LogP contribution in [0.15, 0.2) is 18.5 Å². The van der Waals surface area contributed by atoms with Gasteiger partial charge in [0.1, 0.15) is 12.2 Å². The lowest BCUT2D eigenvalue weighted by molar-refractivity contribution is 0.158. The van der Waals surface area contributed by atoms with Gasteiger partial charge in [0.25, 0.3) is 0 Å². The first-order valence-corrected chi connectivity index (χ1v) is 8.21. The van der Waals surface area contributed by atoms with Crippen LogP contribution in [-0.4, -0.2) is 32.8 Å². The molecular formula is C15H23N5S. The average Bonchev–Trinajstić information content (AvgIpc) is 3.06. The quantitative estimate of drug-likeness (QED) is 0.944. The van der Waals surface area contributed by atoms with Crippen LogP contribution < -0.4 is 5.73 Å². The Kier molecular flexibility index (Phi) is 3.86. The van der Waals surface area contributed by atoms with Gasteiger partial charge < -0.3 is 10.3 Å². The molecule has 6 heteroatoms. The lowest BCUT2D eigenvalue weighted by atomic mass is 9.95. The van der Waals surface area contributed by atoms with E-state index in [2.05, 4.69) is 52.6 Å². The van der Waals surface area contributed by atoms with Gasteiger partial charge in [-0.05, 0) is 17.5 Å². The lowest BCUT2D eigenvalue weighted by Gasteiger charge is -2.33. The van der Waals surface area contributed by atoms with E-state index in [1.54, 1.807) is 0 Å². The number of rotatable bonds is 3. The van der Waals surface area contributed by atoms with Crippen LogP contribution in [0.5, 0.6) is 0 Å². The molecule has 1 unspecified atom stereocenters. The van der Waals surface area contributed by atoms with Gasteiger partial charge in [0.2, 0.25) is 0 Å². The first kappa shape index (κ1) is 14.7. The fourth-order valence-corrected chi connectivity index (χ4v) is 3.94. The van der Waals surface area contributed by atoms with Gasteiger partial charge in [-0.2, -0.15) is 0 Å². The van der Waals surface area contributed by atoms with E-state index in [4.69, 9.17) is 5.73 Å². The maximum atomic E-state index is 6.07. The predicted molar refractivity (Wildman–Crippen MR) is 85.2 cm³/mol. The molecule has 5 nitrogen and oxygen atoms in total. The second-order valence-corrected chi connectivity index (χ2v) is 7.73. The lowest BCUT2D eigenvalue weighted by Crippen LogP contribution is -2.39. The van der Waals surface area contributed by atoms with E-state index in [1.165, 1.54) is 9.75 Å². The van der Waals surface area contributed by atoms with Crippen LogP contribution in [-0.2, 0) is 18.5 Å². The molecule has 2 aromatic rings. The first-order valence-electron chi connectivity index (χ1n) is 7.40. The third-order valence-corrected chi connectivity index (χ3v) is 5.64. The normalized spacial score (nSPS) is 17.7. The zero-order valence-electron chi connectivity index (χ0n) is 12.9. The van der Waals surface area contributed by atoms with Gasteiger partial charge in [0.05, 0.1) is 12.6 Å². The molecule has 0 bridgehead atoms. The van der Waals surface area contributed by atoms with Crippen molar-refractivity contribution in [3.05, 3.63) is 34.0 Å². The second-order valence-electron chi connectivity index (χ2n) is 6.61. The number of nitrogens with two attached hydrogens (primary N) is 1. The molecule has 2 aromatic heterocycles. The third-order valence-electron chi connectivity index (χ3n) is 4.03. The van der Waals surface area contributed by atoms with Crippen LogP contribution >= 0.6 is 11.3 Å². The van der Waals surface area contributed by atoms with Crippen LogP contribution in [0.3, 0.4) is 0 Å². The standard InChI is InChI=1S/C15H23N5S/c1-15(2,3)13-5-4-12(21-13)11(8-16)19-6-7-20-10-17-18-14(20)9-19/h4-5,10-11H,6-9,16H2,1-3H3. The Morgan fingerprint density at radius 1 is 1.33 bits per heavy atom. The minimum atomic E-state index is 0.199. The highest BCUT2D eigenvalue weighted by molar-refractivity contribution is 7.12. The summed E-state index contributed by atoms with van der Waals surface area (Å²) < 4.78 is 2.12. The van der Waals surface area contributed by atoms with Gasteiger partial charge in [0, 0.05) is 29.4 Å². The van der Waals surface area contributed by atoms with Crippen molar-refractivity contribution in [1.29, 1.82) is 0 Å². The van der Waals surface area contributed by atoms with E-state index >= 15 is 0 Å². The molecule has 21 heavy (non-hydrogen) atoms. The molecule has 2 N–H and O–H groups in total. The molecular weight excluding hydrogens is 282 g/mol. The van der Waals surface area contributed by atoms with Gasteiger partial charge in [-0.3, -0.25) is 4.90 Å². The minimum absolute atomic E-state index is 0.199. The van der Waals surface area contributed by atoms with Crippen LogP contribution in [0, 0.1) is 0 Å². The maximum absolute atomic E-state index is 6.07.